The summed E-state index contributed by atoms with van der Waals surface area (Å²) in [7, 11) is 0. The number of furan rings is 1. The molecular formula is C49H31NOS. The monoisotopic (exact) mass is 681 g/mol. The fourth-order valence-corrected chi connectivity index (χ4v) is 10.0. The molecule has 0 fully saturated rings. The van der Waals surface area contributed by atoms with Gasteiger partial charge in [0.1, 0.15) is 5.58 Å². The van der Waals surface area contributed by atoms with E-state index in [1.807, 2.05) is 11.3 Å². The molecule has 0 saturated carbocycles. The summed E-state index contributed by atoms with van der Waals surface area (Å²) in [6.45, 7) is 0. The van der Waals surface area contributed by atoms with Gasteiger partial charge in [0.2, 0.25) is 0 Å². The van der Waals surface area contributed by atoms with Crippen molar-refractivity contribution >= 4 is 70.5 Å². The highest BCUT2D eigenvalue weighted by atomic mass is 32.1. The van der Waals surface area contributed by atoms with E-state index in [4.69, 9.17) is 4.42 Å². The maximum absolute atomic E-state index is 6.83. The summed E-state index contributed by atoms with van der Waals surface area (Å²) in [6.07, 6.45) is 0. The van der Waals surface area contributed by atoms with Gasteiger partial charge in [-0.3, -0.25) is 0 Å². The molecule has 244 valence electrons. The normalized spacial score (nSPS) is 13.2. The van der Waals surface area contributed by atoms with Crippen molar-refractivity contribution in [3.63, 3.8) is 0 Å². The first-order valence-electron chi connectivity index (χ1n) is 17.8. The Labute approximate surface area is 305 Å². The highest BCUT2D eigenvalue weighted by Crippen LogP contribution is 2.56. The highest BCUT2D eigenvalue weighted by Gasteiger charge is 2.45. The first-order valence-corrected chi connectivity index (χ1v) is 18.6. The predicted octanol–water partition coefficient (Wildman–Crippen LogP) is 13.8. The van der Waals surface area contributed by atoms with Gasteiger partial charge in [0.05, 0.1) is 11.1 Å². The molecule has 1 aliphatic rings. The maximum Gasteiger partial charge on any atom is 0.160 e. The van der Waals surface area contributed by atoms with E-state index >= 15 is 0 Å². The SMILES string of the molecule is c1ccc(N(c2ccc(C3(c4ccccc4)c4ccccc4-c4ccccc43)cc2)c2cc3c4ccccc4sc3c3c2oc2ccccc23)cc1. The number of thiophene rings is 1. The number of rotatable bonds is 5. The van der Waals surface area contributed by atoms with Gasteiger partial charge in [-0.25, -0.2) is 0 Å². The van der Waals surface area contributed by atoms with Crippen LogP contribution in [-0.4, -0.2) is 0 Å². The molecule has 2 heterocycles. The second-order valence-electron chi connectivity index (χ2n) is 13.6. The largest absolute Gasteiger partial charge is 0.454 e. The molecule has 10 aromatic rings. The summed E-state index contributed by atoms with van der Waals surface area (Å²) >= 11 is 1.85. The summed E-state index contributed by atoms with van der Waals surface area (Å²) in [5.74, 6) is 0. The van der Waals surface area contributed by atoms with Gasteiger partial charge in [0, 0.05) is 42.3 Å². The topological polar surface area (TPSA) is 16.4 Å². The Morgan fingerprint density at radius 1 is 0.462 bits per heavy atom. The number of nitrogens with zero attached hydrogens (tertiary/aromatic N) is 1. The van der Waals surface area contributed by atoms with Crippen LogP contribution in [0.4, 0.5) is 17.1 Å². The van der Waals surface area contributed by atoms with Crippen molar-refractivity contribution in [2.45, 2.75) is 5.41 Å². The number of anilines is 3. The third-order valence-electron chi connectivity index (χ3n) is 10.9. The van der Waals surface area contributed by atoms with Gasteiger partial charge in [0.15, 0.2) is 5.58 Å². The third kappa shape index (κ3) is 4.06. The van der Waals surface area contributed by atoms with Gasteiger partial charge in [-0.15, -0.1) is 11.3 Å². The van der Waals surface area contributed by atoms with Crippen LogP contribution in [0.2, 0.25) is 0 Å². The maximum atomic E-state index is 6.83. The van der Waals surface area contributed by atoms with Gasteiger partial charge >= 0.3 is 0 Å². The van der Waals surface area contributed by atoms with Gasteiger partial charge in [-0.05, 0) is 75.8 Å². The highest BCUT2D eigenvalue weighted by molar-refractivity contribution is 7.26. The van der Waals surface area contributed by atoms with E-state index in [9.17, 15) is 0 Å². The van der Waals surface area contributed by atoms with Crippen LogP contribution in [0.3, 0.4) is 0 Å². The lowest BCUT2D eigenvalue weighted by Crippen LogP contribution is -2.28. The van der Waals surface area contributed by atoms with Gasteiger partial charge in [-0.1, -0.05) is 146 Å². The lowest BCUT2D eigenvalue weighted by Gasteiger charge is -2.34. The van der Waals surface area contributed by atoms with Crippen LogP contribution < -0.4 is 4.90 Å². The lowest BCUT2D eigenvalue weighted by atomic mass is 9.68. The van der Waals surface area contributed by atoms with E-state index in [2.05, 4.69) is 193 Å². The Balaban J connectivity index is 1.18. The molecule has 2 nitrogen and oxygen atoms in total. The minimum absolute atomic E-state index is 0.453. The average molecular weight is 682 g/mol. The molecule has 0 aliphatic heterocycles. The molecule has 0 bridgehead atoms. The molecule has 52 heavy (non-hydrogen) atoms. The van der Waals surface area contributed by atoms with E-state index in [1.165, 1.54) is 58.9 Å². The van der Waals surface area contributed by atoms with E-state index < -0.39 is 5.41 Å². The zero-order chi connectivity index (χ0) is 34.2. The van der Waals surface area contributed by atoms with Crippen molar-refractivity contribution in [3.8, 4) is 11.1 Å². The molecule has 0 atom stereocenters. The second kappa shape index (κ2) is 11.3. The van der Waals surface area contributed by atoms with Crippen LogP contribution in [0.25, 0.3) is 53.2 Å². The van der Waals surface area contributed by atoms with E-state index in [1.54, 1.807) is 0 Å². The molecular weight excluding hydrogens is 651 g/mol. The number of benzene rings is 8. The van der Waals surface area contributed by atoms with E-state index in [0.717, 1.165) is 33.6 Å². The molecule has 1 aliphatic carbocycles. The van der Waals surface area contributed by atoms with Crippen LogP contribution in [0.15, 0.2) is 192 Å². The van der Waals surface area contributed by atoms with Crippen molar-refractivity contribution in [2.75, 3.05) is 4.90 Å². The molecule has 11 rings (SSSR count). The van der Waals surface area contributed by atoms with Crippen molar-refractivity contribution in [3.05, 3.63) is 210 Å². The summed E-state index contributed by atoms with van der Waals surface area (Å²) in [5, 5.41) is 4.82. The summed E-state index contributed by atoms with van der Waals surface area (Å²) in [6, 6.07) is 68.3. The summed E-state index contributed by atoms with van der Waals surface area (Å²) in [4.78, 5) is 2.37. The van der Waals surface area contributed by atoms with Crippen molar-refractivity contribution < 1.29 is 4.42 Å². The standard InChI is InChI=1S/C49H31NOS/c1-3-15-32(16-4-1)49(41-23-11-7-19-36(41)37-20-8-12-24-42(37)49)33-27-29-35(30-28-33)50(34-17-5-2-6-18-34)43-31-40-38-21-10-14-26-45(38)52-48(40)46-39-22-9-13-25-44(39)51-47(43)46/h1-31H. The van der Waals surface area contributed by atoms with Crippen molar-refractivity contribution in [1.29, 1.82) is 0 Å². The molecule has 3 heteroatoms. The minimum atomic E-state index is -0.453. The second-order valence-corrected chi connectivity index (χ2v) is 14.7. The smallest absolute Gasteiger partial charge is 0.160 e. The minimum Gasteiger partial charge on any atom is -0.454 e. The van der Waals surface area contributed by atoms with E-state index in [0.29, 0.717) is 0 Å². The Kier molecular flexibility index (Phi) is 6.37. The fraction of sp³-hybridized carbons (Fsp3) is 0.0204. The molecule has 0 spiro atoms. The lowest BCUT2D eigenvalue weighted by molar-refractivity contribution is 0.669. The zero-order valence-electron chi connectivity index (χ0n) is 28.2. The van der Waals surface area contributed by atoms with Crippen molar-refractivity contribution in [2.24, 2.45) is 0 Å². The van der Waals surface area contributed by atoms with Gasteiger partial charge < -0.3 is 9.32 Å². The molecule has 0 unspecified atom stereocenters. The number of hydrogen-bond acceptors (Lipinski definition) is 3. The molecule has 8 aromatic carbocycles. The van der Waals surface area contributed by atoms with Gasteiger partial charge in [-0.2, -0.15) is 0 Å². The van der Waals surface area contributed by atoms with E-state index in [-0.39, 0.29) is 0 Å². The first-order chi connectivity index (χ1) is 25.8. The van der Waals surface area contributed by atoms with Crippen LogP contribution in [0.5, 0.6) is 0 Å². The molecule has 0 N–H and O–H groups in total. The van der Waals surface area contributed by atoms with Crippen LogP contribution in [-0.2, 0) is 5.41 Å². The fourth-order valence-electron chi connectivity index (χ4n) is 8.79. The summed E-state index contributed by atoms with van der Waals surface area (Å²) < 4.78 is 9.37. The van der Waals surface area contributed by atoms with Crippen LogP contribution in [0, 0.1) is 0 Å². The predicted molar refractivity (Wildman–Crippen MR) is 219 cm³/mol. The third-order valence-corrected chi connectivity index (χ3v) is 12.1. The molecule has 0 radical (unpaired) electrons. The van der Waals surface area contributed by atoms with Crippen LogP contribution in [0.1, 0.15) is 22.3 Å². The Hall–Kier alpha value is -6.42. The van der Waals surface area contributed by atoms with Crippen LogP contribution >= 0.6 is 11.3 Å². The Morgan fingerprint density at radius 3 is 1.75 bits per heavy atom. The van der Waals surface area contributed by atoms with Gasteiger partial charge in [0.25, 0.3) is 0 Å². The Bertz CT molecular complexity index is 2910. The van der Waals surface area contributed by atoms with Crippen molar-refractivity contribution in [1.82, 2.24) is 0 Å². The number of para-hydroxylation sites is 2. The molecule has 0 saturated heterocycles. The summed E-state index contributed by atoms with van der Waals surface area (Å²) in [5.41, 5.74) is 12.2. The average Bonchev–Trinajstić information content (AvgIpc) is 3.88. The molecule has 2 aromatic heterocycles. The Morgan fingerprint density at radius 2 is 1.02 bits per heavy atom. The first kappa shape index (κ1) is 29.3. The molecule has 0 amide bonds. The quantitative estimate of drug-likeness (QED) is 0.180. The number of fused-ring (bicyclic) bond motifs is 10. The number of hydrogen-bond donors (Lipinski definition) is 0. The zero-order valence-corrected chi connectivity index (χ0v) is 29.0.